The molecule has 0 radical (unpaired) electrons. The highest BCUT2D eigenvalue weighted by Crippen LogP contribution is 2.39. The molecule has 0 nitrogen and oxygen atoms in total. The van der Waals surface area contributed by atoms with Crippen molar-refractivity contribution in [1.82, 2.24) is 0 Å². The van der Waals surface area contributed by atoms with Gasteiger partial charge in [-0.2, -0.15) is 0 Å². The summed E-state index contributed by atoms with van der Waals surface area (Å²) in [6.07, 6.45) is 3.36. The Kier molecular flexibility index (Phi) is 2.97. The Balaban J connectivity index is 1.98. The molecule has 3 aromatic rings. The van der Waals surface area contributed by atoms with Crippen LogP contribution in [0, 0.1) is 0 Å². The van der Waals surface area contributed by atoms with Gasteiger partial charge in [0.25, 0.3) is 0 Å². The summed E-state index contributed by atoms with van der Waals surface area (Å²) in [4.78, 5) is 0. The molecule has 4 rings (SSSR count). The molecule has 0 heterocycles. The summed E-state index contributed by atoms with van der Waals surface area (Å²) in [6.45, 7) is 2.19. The van der Waals surface area contributed by atoms with E-state index < -0.39 is 0 Å². The van der Waals surface area contributed by atoms with E-state index in [1.54, 1.807) is 0 Å². The van der Waals surface area contributed by atoms with Crippen LogP contribution < -0.4 is 0 Å². The molecule has 0 amide bonds. The average molecular weight is 335 g/mol. The van der Waals surface area contributed by atoms with Crippen molar-refractivity contribution in [3.8, 4) is 11.1 Å². The first-order valence-electron chi connectivity index (χ1n) is 7.22. The minimum atomic E-state index is 1.05. The van der Waals surface area contributed by atoms with E-state index in [9.17, 15) is 0 Å². The Bertz CT molecular complexity index is 882. The van der Waals surface area contributed by atoms with Crippen molar-refractivity contribution in [3.05, 3.63) is 76.3 Å². The maximum absolute atomic E-state index is 3.77. The largest absolute Gasteiger partial charge is 0.0766 e. The number of hydrogen-bond acceptors (Lipinski definition) is 0. The van der Waals surface area contributed by atoms with E-state index in [0.29, 0.717) is 0 Å². The molecular formula is C20H15Br. The van der Waals surface area contributed by atoms with Crippen LogP contribution in [0.3, 0.4) is 0 Å². The SMILES string of the molecule is CC1=CCc2cc(-c3cccc4ccccc34)c(Br)cc21. The van der Waals surface area contributed by atoms with Gasteiger partial charge < -0.3 is 0 Å². The summed E-state index contributed by atoms with van der Waals surface area (Å²) in [5.41, 5.74) is 6.78. The minimum absolute atomic E-state index is 1.05. The monoisotopic (exact) mass is 334 g/mol. The molecular weight excluding hydrogens is 320 g/mol. The van der Waals surface area contributed by atoms with Gasteiger partial charge in [0, 0.05) is 4.47 Å². The highest BCUT2D eigenvalue weighted by atomic mass is 79.9. The highest BCUT2D eigenvalue weighted by molar-refractivity contribution is 9.10. The minimum Gasteiger partial charge on any atom is -0.0766 e. The van der Waals surface area contributed by atoms with Gasteiger partial charge in [0.1, 0.15) is 0 Å². The molecule has 0 unspecified atom stereocenters. The summed E-state index contributed by atoms with van der Waals surface area (Å²) in [5.74, 6) is 0. The summed E-state index contributed by atoms with van der Waals surface area (Å²) in [7, 11) is 0. The zero-order valence-electron chi connectivity index (χ0n) is 11.9. The molecule has 0 saturated carbocycles. The number of allylic oxidation sites excluding steroid dienone is 2. The molecule has 1 aliphatic carbocycles. The summed E-state index contributed by atoms with van der Waals surface area (Å²) in [5, 5.41) is 2.60. The zero-order chi connectivity index (χ0) is 14.4. The van der Waals surface area contributed by atoms with E-state index in [1.807, 2.05) is 0 Å². The van der Waals surface area contributed by atoms with Crippen molar-refractivity contribution in [1.29, 1.82) is 0 Å². The normalized spacial score (nSPS) is 13.3. The van der Waals surface area contributed by atoms with Crippen LogP contribution in [0.1, 0.15) is 18.1 Å². The Hall–Kier alpha value is -1.86. The van der Waals surface area contributed by atoms with Gasteiger partial charge >= 0.3 is 0 Å². The fraction of sp³-hybridized carbons (Fsp3) is 0.100. The van der Waals surface area contributed by atoms with Crippen LogP contribution in [0.15, 0.2) is 65.1 Å². The van der Waals surface area contributed by atoms with Crippen LogP contribution in [0.4, 0.5) is 0 Å². The Morgan fingerprint density at radius 3 is 2.57 bits per heavy atom. The van der Waals surface area contributed by atoms with Crippen molar-refractivity contribution < 1.29 is 0 Å². The van der Waals surface area contributed by atoms with Gasteiger partial charge in [0.15, 0.2) is 0 Å². The maximum atomic E-state index is 3.77. The number of rotatable bonds is 1. The van der Waals surface area contributed by atoms with E-state index in [-0.39, 0.29) is 0 Å². The summed E-state index contributed by atoms with van der Waals surface area (Å²) >= 11 is 3.77. The lowest BCUT2D eigenvalue weighted by atomic mass is 9.95. The second kappa shape index (κ2) is 4.85. The predicted octanol–water partition coefficient (Wildman–Crippen LogP) is 6.23. The standard InChI is InChI=1S/C20H15Br/c1-13-9-10-15-11-19(20(21)12-18(13)15)17-8-4-6-14-5-2-3-7-16(14)17/h2-9,11-12H,10H2,1H3. The first-order valence-corrected chi connectivity index (χ1v) is 8.01. The Morgan fingerprint density at radius 1 is 0.857 bits per heavy atom. The van der Waals surface area contributed by atoms with Crippen molar-refractivity contribution in [2.24, 2.45) is 0 Å². The van der Waals surface area contributed by atoms with Gasteiger partial charge in [0.2, 0.25) is 0 Å². The number of benzene rings is 3. The van der Waals surface area contributed by atoms with Crippen molar-refractivity contribution in [3.63, 3.8) is 0 Å². The average Bonchev–Trinajstić information content (AvgIpc) is 2.87. The van der Waals surface area contributed by atoms with Crippen LogP contribution in [0.5, 0.6) is 0 Å². The van der Waals surface area contributed by atoms with Gasteiger partial charge in [-0.1, -0.05) is 64.5 Å². The molecule has 0 bridgehead atoms. The van der Waals surface area contributed by atoms with Gasteiger partial charge in [-0.25, -0.2) is 0 Å². The lowest BCUT2D eigenvalue weighted by Crippen LogP contribution is -1.89. The maximum Gasteiger partial charge on any atom is 0.0260 e. The summed E-state index contributed by atoms with van der Waals surface area (Å²) in [6, 6.07) is 19.7. The molecule has 3 aromatic carbocycles. The third kappa shape index (κ3) is 2.04. The second-order valence-corrected chi connectivity index (χ2v) is 6.46. The van der Waals surface area contributed by atoms with Crippen molar-refractivity contribution in [2.75, 3.05) is 0 Å². The lowest BCUT2D eigenvalue weighted by Gasteiger charge is -2.12. The van der Waals surface area contributed by atoms with E-state index in [1.165, 1.54) is 43.1 Å². The number of fused-ring (bicyclic) bond motifs is 2. The molecule has 1 heteroatoms. The van der Waals surface area contributed by atoms with E-state index in [4.69, 9.17) is 0 Å². The fourth-order valence-corrected chi connectivity index (χ4v) is 3.75. The topological polar surface area (TPSA) is 0 Å². The van der Waals surface area contributed by atoms with E-state index >= 15 is 0 Å². The van der Waals surface area contributed by atoms with Gasteiger partial charge in [-0.05, 0) is 64.1 Å². The first kappa shape index (κ1) is 12.8. The van der Waals surface area contributed by atoms with Gasteiger partial charge in [-0.3, -0.25) is 0 Å². The number of halogens is 1. The highest BCUT2D eigenvalue weighted by Gasteiger charge is 2.15. The smallest absolute Gasteiger partial charge is 0.0260 e. The van der Waals surface area contributed by atoms with E-state index in [2.05, 4.69) is 83.5 Å². The fourth-order valence-electron chi connectivity index (χ4n) is 3.19. The molecule has 0 aliphatic heterocycles. The molecule has 102 valence electrons. The third-order valence-electron chi connectivity index (χ3n) is 4.33. The Labute approximate surface area is 133 Å². The molecule has 0 atom stereocenters. The first-order chi connectivity index (χ1) is 10.2. The molecule has 0 aromatic heterocycles. The Morgan fingerprint density at radius 2 is 1.67 bits per heavy atom. The molecule has 0 fully saturated rings. The van der Waals surface area contributed by atoms with Crippen molar-refractivity contribution >= 4 is 32.3 Å². The third-order valence-corrected chi connectivity index (χ3v) is 4.98. The van der Waals surface area contributed by atoms with Crippen LogP contribution in [-0.4, -0.2) is 0 Å². The molecule has 0 N–H and O–H groups in total. The van der Waals surface area contributed by atoms with Gasteiger partial charge in [0.05, 0.1) is 0 Å². The van der Waals surface area contributed by atoms with Crippen LogP contribution in [0.25, 0.3) is 27.5 Å². The van der Waals surface area contributed by atoms with Crippen LogP contribution in [0.2, 0.25) is 0 Å². The molecule has 1 aliphatic rings. The van der Waals surface area contributed by atoms with Crippen LogP contribution >= 0.6 is 15.9 Å². The number of hydrogen-bond donors (Lipinski definition) is 0. The van der Waals surface area contributed by atoms with Gasteiger partial charge in [-0.15, -0.1) is 0 Å². The van der Waals surface area contributed by atoms with Crippen molar-refractivity contribution in [2.45, 2.75) is 13.3 Å². The molecule has 0 spiro atoms. The molecule has 0 saturated heterocycles. The second-order valence-electron chi connectivity index (χ2n) is 5.61. The quantitative estimate of drug-likeness (QED) is 0.494. The zero-order valence-corrected chi connectivity index (χ0v) is 13.4. The predicted molar refractivity (Wildman–Crippen MR) is 94.4 cm³/mol. The summed E-state index contributed by atoms with van der Waals surface area (Å²) < 4.78 is 1.17. The van der Waals surface area contributed by atoms with Crippen LogP contribution in [-0.2, 0) is 6.42 Å². The van der Waals surface area contributed by atoms with E-state index in [0.717, 1.165) is 6.42 Å². The lowest BCUT2D eigenvalue weighted by molar-refractivity contribution is 1.31. The molecule has 21 heavy (non-hydrogen) atoms.